The van der Waals surface area contributed by atoms with Gasteiger partial charge in [0.05, 0.1) is 22.5 Å². The van der Waals surface area contributed by atoms with E-state index >= 15 is 0 Å². The predicted molar refractivity (Wildman–Crippen MR) is 431 cm³/mol. The minimum atomic E-state index is -3.22. The molecule has 0 saturated carbocycles. The summed E-state index contributed by atoms with van der Waals surface area (Å²) >= 11 is 28.9. The van der Waals surface area contributed by atoms with E-state index in [0.717, 1.165) is 109 Å². The fraction of sp³-hybridized carbons (Fsp3) is 0.0779. The predicted octanol–water partition coefficient (Wildman–Crippen LogP) is 25.2. The average molecular weight is 1770 g/mol. The van der Waals surface area contributed by atoms with Gasteiger partial charge in [-0.2, -0.15) is 0 Å². The van der Waals surface area contributed by atoms with Gasteiger partial charge in [0.25, 0.3) is 0 Å². The zero-order valence-corrected chi connectivity index (χ0v) is 69.1. The van der Waals surface area contributed by atoms with Crippen LogP contribution in [-0.4, -0.2) is 56.9 Å². The van der Waals surface area contributed by atoms with Crippen LogP contribution in [0.4, 0.5) is 50.4 Å². The number of hydrogen-bond acceptors (Lipinski definition) is 16. The summed E-state index contributed by atoms with van der Waals surface area (Å²) in [4.78, 5) is 54.4. The number of para-hydroxylation sites is 5. The van der Waals surface area contributed by atoms with Crippen LogP contribution in [0.25, 0.3) is 0 Å². The maximum atomic E-state index is 13.8. The van der Waals surface area contributed by atoms with Crippen LogP contribution < -0.4 is 17.2 Å². The number of halogens is 10. The molecule has 15 rings (SSSR count). The third-order valence-corrected chi connectivity index (χ3v) is 23.1. The molecular weight excluding hydrogens is 1710 g/mol. The van der Waals surface area contributed by atoms with Crippen molar-refractivity contribution in [3.05, 3.63) is 304 Å². The van der Waals surface area contributed by atoms with Crippen molar-refractivity contribution in [2.24, 2.45) is 9.98 Å². The van der Waals surface area contributed by atoms with Gasteiger partial charge in [0, 0.05) is 126 Å². The Morgan fingerprint density at radius 3 is 1.37 bits per heavy atom. The molecule has 11 aromatic carbocycles. The summed E-state index contributed by atoms with van der Waals surface area (Å²) in [6.07, 6.45) is 3.97. The number of carbonyl (C=O) groups excluding carboxylic acids is 1. The molecule has 0 aromatic heterocycles. The topological polar surface area (TPSA) is 215 Å². The summed E-state index contributed by atoms with van der Waals surface area (Å²) < 4.78 is 75.5. The number of nitrogens with two attached hydrogens (primary N) is 3. The molecule has 0 spiro atoms. The molecule has 4 aliphatic heterocycles. The van der Waals surface area contributed by atoms with Gasteiger partial charge in [0.2, 0.25) is 0 Å². The van der Waals surface area contributed by atoms with E-state index in [4.69, 9.17) is 44.0 Å². The van der Waals surface area contributed by atoms with E-state index in [9.17, 15) is 40.9 Å². The zero-order valence-electron chi connectivity index (χ0n) is 55.7. The van der Waals surface area contributed by atoms with Crippen LogP contribution in [0.5, 0.6) is 0 Å². The Morgan fingerprint density at radius 1 is 0.467 bits per heavy atom. The number of carboxylic acid groups (broad SMARTS) is 2. The first kappa shape index (κ1) is 85.4. The summed E-state index contributed by atoms with van der Waals surface area (Å²) in [5.41, 5.74) is 24.4. The van der Waals surface area contributed by atoms with Gasteiger partial charge in [0.15, 0.2) is 5.78 Å². The molecule has 1 saturated heterocycles. The summed E-state index contributed by atoms with van der Waals surface area (Å²) in [6.45, 7) is 2.00. The van der Waals surface area contributed by atoms with Crippen molar-refractivity contribution < 1.29 is 70.6 Å². The number of ketones is 1. The van der Waals surface area contributed by atoms with Crippen molar-refractivity contribution in [1.29, 1.82) is 0 Å². The number of fused-ring (bicyclic) bond motifs is 6. The van der Waals surface area contributed by atoms with Gasteiger partial charge in [-0.25, -0.2) is 41.5 Å². The van der Waals surface area contributed by atoms with Gasteiger partial charge in [-0.05, 0) is 232 Å². The van der Waals surface area contributed by atoms with Crippen molar-refractivity contribution in [3.63, 3.8) is 0 Å². The summed E-state index contributed by atoms with van der Waals surface area (Å²) in [5, 5.41) is 14.6. The molecular formula is C77H59BrCl4F5N6O6PS6Zn. The van der Waals surface area contributed by atoms with Gasteiger partial charge in [-0.1, -0.05) is 159 Å². The van der Waals surface area contributed by atoms with Gasteiger partial charge in [0.1, 0.15) is 40.1 Å². The summed E-state index contributed by atoms with van der Waals surface area (Å²) in [6, 6.07) is 67.6. The smallest absolute Gasteiger partial charge is 0.339 e. The third kappa shape index (κ3) is 26.0. The number of anilines is 3. The number of piperidine rings is 1. The van der Waals surface area contributed by atoms with Crippen molar-refractivity contribution in [3.8, 4) is 0 Å². The number of hydrogen-bond donors (Lipinski definition) is 5. The first-order chi connectivity index (χ1) is 50.7. The van der Waals surface area contributed by atoms with Crippen LogP contribution in [0.2, 0.25) is 0 Å². The third-order valence-electron chi connectivity index (χ3n) is 14.9. The molecule has 0 aliphatic carbocycles. The number of carbonyl (C=O) groups is 3. The number of rotatable bonds is 7. The Bertz CT molecular complexity index is 5080. The van der Waals surface area contributed by atoms with E-state index in [1.165, 1.54) is 97.4 Å². The van der Waals surface area contributed by atoms with Crippen LogP contribution in [-0.2, 0) is 30.5 Å². The monoisotopic (exact) mass is 1760 g/mol. The molecule has 1 fully saturated rings. The second-order valence-electron chi connectivity index (χ2n) is 22.4. The Labute approximate surface area is 679 Å². The van der Waals surface area contributed by atoms with Crippen LogP contribution in [0.15, 0.2) is 300 Å². The van der Waals surface area contributed by atoms with Crippen molar-refractivity contribution in [1.82, 2.24) is 4.90 Å². The molecule has 11 aromatic rings. The Hall–Kier alpha value is -7.19. The van der Waals surface area contributed by atoms with Gasteiger partial charge >= 0.3 is 17.1 Å². The number of likely N-dealkylation sites (tertiary alicyclic amines) is 1. The maximum absolute atomic E-state index is 13.8. The Morgan fingerprint density at radius 2 is 0.860 bits per heavy atom. The molecule has 546 valence electrons. The molecule has 0 radical (unpaired) electrons. The second-order valence-corrected chi connectivity index (χ2v) is 36.8. The van der Waals surface area contributed by atoms with Gasteiger partial charge < -0.3 is 32.3 Å². The first-order valence-electron chi connectivity index (χ1n) is 31.5. The molecule has 8 N–H and O–H groups in total. The number of nitrogens with zero attached hydrogens (tertiary/aromatic N) is 3. The minimum Gasteiger partial charge on any atom is -0.478 e. The van der Waals surface area contributed by atoms with Crippen molar-refractivity contribution in [2.45, 2.75) is 74.6 Å². The van der Waals surface area contributed by atoms with Crippen molar-refractivity contribution >= 4 is 192 Å². The van der Waals surface area contributed by atoms with Gasteiger partial charge in [-0.15, -0.1) is 0 Å². The number of amidine groups is 1. The molecule has 30 heteroatoms. The fourth-order valence-corrected chi connectivity index (χ4v) is 17.0. The van der Waals surface area contributed by atoms with Crippen molar-refractivity contribution in [2.75, 3.05) is 30.3 Å². The number of nitrogen functional groups attached to an aromatic ring is 3. The summed E-state index contributed by atoms with van der Waals surface area (Å²) in [5.74, 6) is -3.38. The normalized spacial score (nSPS) is 12.7. The molecule has 0 unspecified atom stereocenters. The van der Waals surface area contributed by atoms with E-state index in [-0.39, 0.29) is 53.8 Å². The Balaban J connectivity index is 0.000000161. The number of carboxylic acids is 2. The number of aliphatic imine (C=N–C) groups is 2. The van der Waals surface area contributed by atoms with Crippen LogP contribution in [0, 0.1) is 29.1 Å². The van der Waals surface area contributed by atoms with Gasteiger partial charge in [-0.3, -0.25) is 9.36 Å². The van der Waals surface area contributed by atoms with E-state index in [1.807, 2.05) is 127 Å². The molecule has 0 atom stereocenters. The Kier molecular flexibility index (Phi) is 33.2. The first-order valence-corrected chi connectivity index (χ1v) is 42.5. The molecule has 0 amide bonds. The summed E-state index contributed by atoms with van der Waals surface area (Å²) in [7, 11) is 3.25. The van der Waals surface area contributed by atoms with E-state index in [2.05, 4.69) is 65.6 Å². The SMILES string of the molecule is Fc1ccc2c(c1)C(Cl)=Nc1ccccc1S2.Fc1ccc2c(c1)C(N1CCCCC1)=Nc1ccccc1S2.Nc1ccccc1SSc1ccccc1N.Nc1ccccc1Sc1ccc(F)cc1C(=O)O.O=C(O)c1cc(F)ccc1Br.O=C1Cc2ccccc2Sc2ccc(F)cc21.O=P(Cl)(Cl)Cl.[Zn]. The second kappa shape index (κ2) is 41.6. The number of aromatic carboxylic acids is 2. The van der Waals surface area contributed by atoms with Crippen LogP contribution in [0.1, 0.15) is 67.0 Å². The van der Waals surface area contributed by atoms with E-state index in [0.29, 0.717) is 37.8 Å². The molecule has 0 bridgehead atoms. The standard InChI is InChI=1S/C18H17FN2S.C14H9FOS.C13H7ClFNS.C13H10FNO2S.C12H12N2S2.C7H4BrFO2.Cl3OP.Zn/c19-13-8-9-16-14(12-13)18(21-10-4-1-5-11-21)20-15-6-2-3-7-17(15)22-16;15-10-5-6-14-11(8-10)12(16)7-9-3-1-2-4-13(9)17-14;14-13-9-7-8(15)5-6-11(9)17-12-4-2-1-3-10(12)16-13;14-8-5-6-11(9(7-8)13(16)17)18-12-4-2-1-3-10(12)15;13-9-5-1-3-7-11(9)15-16-12-8-4-2-6-10(12)14;8-6-2-1-4(9)3-5(6)7(10)11;1-5(2,3)4;/h2-3,6-9,12H,1,4-5,10-11H2;1-6,8H,7H2;1-7H;1-7H,15H2,(H,16,17);1-8H,13-14H2;1-3H,(H,10,11);;. The van der Waals surface area contributed by atoms with Crippen LogP contribution in [0.3, 0.4) is 0 Å². The zero-order chi connectivity index (χ0) is 76.0. The largest absolute Gasteiger partial charge is 0.478 e. The number of Topliss-reactive ketones (excluding diaryl/α,β-unsaturated/α-hetero) is 1. The fourth-order valence-electron chi connectivity index (χ4n) is 9.97. The molecule has 4 aliphatic rings. The minimum absolute atomic E-state index is 0. The van der Waals surface area contributed by atoms with Crippen LogP contribution >= 0.6 is 135 Å². The molecule has 12 nitrogen and oxygen atoms in total. The molecule has 4 heterocycles. The maximum Gasteiger partial charge on any atom is 0.339 e. The molecule has 107 heavy (non-hydrogen) atoms. The number of benzene rings is 11. The average Bonchev–Trinajstić information content (AvgIpc) is 1.69. The quantitative estimate of drug-likeness (QED) is 0.0330. The van der Waals surface area contributed by atoms with E-state index < -0.39 is 28.8 Å². The van der Waals surface area contributed by atoms with E-state index in [1.54, 1.807) is 81.5 Å².